The predicted molar refractivity (Wildman–Crippen MR) is 88.3 cm³/mol. The maximum atomic E-state index is 9.36. The minimum atomic E-state index is 0.0999. The fraction of sp³-hybridized carbons (Fsp3) is 0.263. The van der Waals surface area contributed by atoms with Crippen molar-refractivity contribution >= 4 is 5.57 Å². The Kier molecular flexibility index (Phi) is 4.56. The smallest absolute Gasteiger partial charge is 0.115 e. The molecule has 1 aliphatic rings. The van der Waals surface area contributed by atoms with E-state index < -0.39 is 0 Å². The fourth-order valence-corrected chi connectivity index (χ4v) is 2.80. The zero-order valence-electron chi connectivity index (χ0n) is 12.6. The number of benzene rings is 2. The molecule has 0 unspecified atom stereocenters. The molecule has 2 aromatic rings. The number of aliphatic hydroxyl groups excluding tert-OH is 1. The standard InChI is InChI=1S/C19H21NO2/c21-14-16-3-1-15(2-4-16)13-20-11-9-18(10-12-20)17-5-7-19(22)8-6-17/h1-9,21-22H,10-14H2. The first kappa shape index (κ1) is 14.8. The maximum absolute atomic E-state index is 9.36. The van der Waals surface area contributed by atoms with Gasteiger partial charge in [-0.05, 0) is 40.8 Å². The summed E-state index contributed by atoms with van der Waals surface area (Å²) in [6.45, 7) is 3.01. The Hall–Kier alpha value is -2.10. The Labute approximate surface area is 131 Å². The van der Waals surface area contributed by atoms with Crippen molar-refractivity contribution in [1.29, 1.82) is 0 Å². The van der Waals surface area contributed by atoms with E-state index in [9.17, 15) is 5.11 Å². The summed E-state index contributed by atoms with van der Waals surface area (Å²) in [6.07, 6.45) is 3.30. The Morgan fingerprint density at radius 1 is 0.909 bits per heavy atom. The van der Waals surface area contributed by atoms with Crippen molar-refractivity contribution in [3.05, 3.63) is 71.3 Å². The highest BCUT2D eigenvalue weighted by atomic mass is 16.3. The number of hydrogen-bond donors (Lipinski definition) is 2. The third-order valence-electron chi connectivity index (χ3n) is 4.14. The molecule has 0 bridgehead atoms. The number of phenols is 1. The SMILES string of the molecule is OCc1ccc(CN2CC=C(c3ccc(O)cc3)CC2)cc1. The first-order valence-electron chi connectivity index (χ1n) is 7.64. The van der Waals surface area contributed by atoms with E-state index in [1.165, 1.54) is 16.7 Å². The minimum Gasteiger partial charge on any atom is -0.508 e. The van der Waals surface area contributed by atoms with Crippen LogP contribution in [0, 0.1) is 0 Å². The molecule has 0 amide bonds. The summed E-state index contributed by atoms with van der Waals surface area (Å²) in [5.74, 6) is 0.313. The average Bonchev–Trinajstić information content (AvgIpc) is 2.57. The molecule has 1 aliphatic heterocycles. The third kappa shape index (κ3) is 3.56. The normalized spacial score (nSPS) is 15.6. The van der Waals surface area contributed by atoms with Gasteiger partial charge in [0.15, 0.2) is 0 Å². The molecule has 0 aliphatic carbocycles. The van der Waals surface area contributed by atoms with Crippen LogP contribution in [0.5, 0.6) is 5.75 Å². The van der Waals surface area contributed by atoms with Crippen molar-refractivity contribution in [3.63, 3.8) is 0 Å². The number of aromatic hydroxyl groups is 1. The lowest BCUT2D eigenvalue weighted by Gasteiger charge is -2.26. The van der Waals surface area contributed by atoms with Gasteiger partial charge in [0.2, 0.25) is 0 Å². The van der Waals surface area contributed by atoms with E-state index in [2.05, 4.69) is 23.1 Å². The molecule has 2 N–H and O–H groups in total. The summed E-state index contributed by atoms with van der Waals surface area (Å²) in [5, 5.41) is 18.4. The molecule has 0 atom stereocenters. The summed E-state index contributed by atoms with van der Waals surface area (Å²) in [4.78, 5) is 2.41. The topological polar surface area (TPSA) is 43.7 Å². The molecule has 0 aromatic heterocycles. The van der Waals surface area contributed by atoms with E-state index in [1.807, 2.05) is 24.3 Å². The highest BCUT2D eigenvalue weighted by molar-refractivity contribution is 5.67. The molecule has 0 spiro atoms. The Balaban J connectivity index is 1.61. The van der Waals surface area contributed by atoms with Crippen LogP contribution >= 0.6 is 0 Å². The van der Waals surface area contributed by atoms with Crippen molar-refractivity contribution in [3.8, 4) is 5.75 Å². The van der Waals surface area contributed by atoms with E-state index in [4.69, 9.17) is 5.11 Å². The highest BCUT2D eigenvalue weighted by Crippen LogP contribution is 2.24. The molecule has 2 aromatic carbocycles. The Bertz CT molecular complexity index is 644. The molecule has 3 heteroatoms. The Morgan fingerprint density at radius 2 is 1.59 bits per heavy atom. The number of nitrogens with zero attached hydrogens (tertiary/aromatic N) is 1. The predicted octanol–water partition coefficient (Wildman–Crippen LogP) is 3.17. The van der Waals surface area contributed by atoms with E-state index in [-0.39, 0.29) is 6.61 Å². The third-order valence-corrected chi connectivity index (χ3v) is 4.14. The van der Waals surface area contributed by atoms with Crippen LogP contribution in [0.3, 0.4) is 0 Å². The molecule has 1 heterocycles. The van der Waals surface area contributed by atoms with Crippen LogP contribution in [0.4, 0.5) is 0 Å². The summed E-state index contributed by atoms with van der Waals surface area (Å²) in [7, 11) is 0. The summed E-state index contributed by atoms with van der Waals surface area (Å²) < 4.78 is 0. The van der Waals surface area contributed by atoms with Crippen molar-refractivity contribution in [1.82, 2.24) is 4.90 Å². The summed E-state index contributed by atoms with van der Waals surface area (Å²) in [6, 6.07) is 15.6. The van der Waals surface area contributed by atoms with E-state index in [1.54, 1.807) is 12.1 Å². The van der Waals surface area contributed by atoms with Crippen LogP contribution in [0.2, 0.25) is 0 Å². The van der Waals surface area contributed by atoms with E-state index in [0.717, 1.165) is 31.6 Å². The van der Waals surface area contributed by atoms with Gasteiger partial charge in [-0.3, -0.25) is 4.90 Å². The van der Waals surface area contributed by atoms with Crippen LogP contribution in [-0.2, 0) is 13.2 Å². The molecule has 22 heavy (non-hydrogen) atoms. The molecule has 3 rings (SSSR count). The second kappa shape index (κ2) is 6.77. The fourth-order valence-electron chi connectivity index (χ4n) is 2.80. The van der Waals surface area contributed by atoms with Gasteiger partial charge in [0.1, 0.15) is 5.75 Å². The second-order valence-electron chi connectivity index (χ2n) is 5.74. The van der Waals surface area contributed by atoms with E-state index in [0.29, 0.717) is 5.75 Å². The van der Waals surface area contributed by atoms with Crippen LogP contribution in [0.15, 0.2) is 54.6 Å². The van der Waals surface area contributed by atoms with Gasteiger partial charge in [-0.1, -0.05) is 42.5 Å². The van der Waals surface area contributed by atoms with Gasteiger partial charge in [-0.15, -0.1) is 0 Å². The number of phenolic OH excluding ortho intramolecular Hbond substituents is 1. The van der Waals surface area contributed by atoms with Gasteiger partial charge < -0.3 is 10.2 Å². The van der Waals surface area contributed by atoms with Gasteiger partial charge in [0.25, 0.3) is 0 Å². The molecule has 0 radical (unpaired) electrons. The van der Waals surface area contributed by atoms with Gasteiger partial charge >= 0.3 is 0 Å². The molecular weight excluding hydrogens is 274 g/mol. The van der Waals surface area contributed by atoms with Gasteiger partial charge in [0.05, 0.1) is 6.61 Å². The lowest BCUT2D eigenvalue weighted by Crippen LogP contribution is -2.28. The first-order valence-corrected chi connectivity index (χ1v) is 7.64. The monoisotopic (exact) mass is 295 g/mol. The summed E-state index contributed by atoms with van der Waals surface area (Å²) >= 11 is 0. The molecule has 0 saturated carbocycles. The van der Waals surface area contributed by atoms with Crippen LogP contribution in [-0.4, -0.2) is 28.2 Å². The first-order chi connectivity index (χ1) is 10.7. The molecular formula is C19H21NO2. The Morgan fingerprint density at radius 3 is 2.18 bits per heavy atom. The maximum Gasteiger partial charge on any atom is 0.115 e. The zero-order valence-corrected chi connectivity index (χ0v) is 12.6. The molecule has 0 saturated heterocycles. The molecule has 0 fully saturated rings. The van der Waals surface area contributed by atoms with Crippen LogP contribution in [0.25, 0.3) is 5.57 Å². The highest BCUT2D eigenvalue weighted by Gasteiger charge is 2.13. The average molecular weight is 295 g/mol. The zero-order chi connectivity index (χ0) is 15.4. The van der Waals surface area contributed by atoms with Crippen molar-refractivity contribution in [2.24, 2.45) is 0 Å². The van der Waals surface area contributed by atoms with Gasteiger partial charge in [-0.2, -0.15) is 0 Å². The van der Waals surface area contributed by atoms with Crippen molar-refractivity contribution in [2.75, 3.05) is 13.1 Å². The number of rotatable bonds is 4. The lowest BCUT2D eigenvalue weighted by molar-refractivity contribution is 0.281. The van der Waals surface area contributed by atoms with Gasteiger partial charge in [0, 0.05) is 19.6 Å². The quantitative estimate of drug-likeness (QED) is 0.910. The van der Waals surface area contributed by atoms with Crippen LogP contribution in [0.1, 0.15) is 23.1 Å². The largest absolute Gasteiger partial charge is 0.508 e. The number of hydrogen-bond acceptors (Lipinski definition) is 3. The van der Waals surface area contributed by atoms with Crippen molar-refractivity contribution in [2.45, 2.75) is 19.6 Å². The van der Waals surface area contributed by atoms with Gasteiger partial charge in [-0.25, -0.2) is 0 Å². The van der Waals surface area contributed by atoms with Crippen molar-refractivity contribution < 1.29 is 10.2 Å². The van der Waals surface area contributed by atoms with E-state index >= 15 is 0 Å². The second-order valence-corrected chi connectivity index (χ2v) is 5.74. The summed E-state index contributed by atoms with van der Waals surface area (Å²) in [5.41, 5.74) is 4.78. The molecule has 114 valence electrons. The molecule has 3 nitrogen and oxygen atoms in total. The minimum absolute atomic E-state index is 0.0999. The van der Waals surface area contributed by atoms with Crippen LogP contribution < -0.4 is 0 Å². The number of aliphatic hydroxyl groups is 1. The lowest BCUT2D eigenvalue weighted by atomic mass is 9.99.